The molecule has 0 aliphatic heterocycles. The van der Waals surface area contributed by atoms with Crippen molar-refractivity contribution in [3.63, 3.8) is 0 Å². The van der Waals surface area contributed by atoms with E-state index in [1.807, 2.05) is 62.4 Å². The molecule has 0 fully saturated rings. The van der Waals surface area contributed by atoms with Gasteiger partial charge in [-0.25, -0.2) is 0 Å². The standard InChI is InChI=1S/C30H32N6/c1-23-15-29(11-9-27(23)17-25(19-31)20-32)35(3)13-7-5-6-8-14-36(4)30-12-10-28(24(2)16-30)18-26(21-33)22-34/h9-12,15-18H,5-8,13-14H2,1-4H3. The average Bonchev–Trinajstić information content (AvgIpc) is 2.88. The van der Waals surface area contributed by atoms with Crippen molar-refractivity contribution < 1.29 is 0 Å². The van der Waals surface area contributed by atoms with Gasteiger partial charge in [-0.05, 0) is 85.4 Å². The van der Waals surface area contributed by atoms with Crippen molar-refractivity contribution in [3.05, 3.63) is 69.8 Å². The molecule has 0 saturated carbocycles. The Morgan fingerprint density at radius 1 is 0.639 bits per heavy atom. The quantitative estimate of drug-likeness (QED) is 0.279. The Morgan fingerprint density at radius 2 is 1.00 bits per heavy atom. The maximum atomic E-state index is 8.96. The number of benzene rings is 2. The second-order valence-corrected chi connectivity index (χ2v) is 8.90. The number of allylic oxidation sites excluding steroid dienone is 2. The summed E-state index contributed by atoms with van der Waals surface area (Å²) in [5.74, 6) is 0. The molecule has 0 unspecified atom stereocenters. The fraction of sp³-hybridized carbons (Fsp3) is 0.333. The van der Waals surface area contributed by atoms with E-state index < -0.39 is 0 Å². The molecule has 0 atom stereocenters. The summed E-state index contributed by atoms with van der Waals surface area (Å²) in [6, 6.07) is 19.8. The molecule has 0 amide bonds. The molecule has 6 heteroatoms. The Labute approximate surface area is 215 Å². The monoisotopic (exact) mass is 476 g/mol. The van der Waals surface area contributed by atoms with Crippen LogP contribution in [0.4, 0.5) is 11.4 Å². The molecule has 0 aliphatic carbocycles. The van der Waals surface area contributed by atoms with Crippen LogP contribution in [0.15, 0.2) is 47.5 Å². The van der Waals surface area contributed by atoms with Crippen molar-refractivity contribution in [1.29, 1.82) is 21.0 Å². The molecule has 0 radical (unpaired) electrons. The van der Waals surface area contributed by atoms with Crippen LogP contribution < -0.4 is 9.80 Å². The molecule has 0 heterocycles. The Hall–Kier alpha value is -4.52. The smallest absolute Gasteiger partial charge is 0.130 e. The summed E-state index contributed by atoms with van der Waals surface area (Å²) in [5.41, 5.74) is 6.35. The normalized spacial score (nSPS) is 9.67. The second kappa shape index (κ2) is 14.0. The maximum absolute atomic E-state index is 8.96. The SMILES string of the molecule is Cc1cc(N(C)CCCCCCN(C)c2ccc(C=C(C#N)C#N)c(C)c2)ccc1C=C(C#N)C#N. The molecule has 2 aromatic rings. The molecule has 0 bridgehead atoms. The van der Waals surface area contributed by atoms with Crippen LogP contribution in [-0.2, 0) is 0 Å². The third-order valence-electron chi connectivity index (χ3n) is 6.21. The van der Waals surface area contributed by atoms with Gasteiger partial charge in [0.25, 0.3) is 0 Å². The highest BCUT2D eigenvalue weighted by Gasteiger charge is 2.06. The Kier molecular flexibility index (Phi) is 10.8. The zero-order valence-electron chi connectivity index (χ0n) is 21.5. The van der Waals surface area contributed by atoms with E-state index in [0.29, 0.717) is 0 Å². The summed E-state index contributed by atoms with van der Waals surface area (Å²) < 4.78 is 0. The summed E-state index contributed by atoms with van der Waals surface area (Å²) in [7, 11) is 4.18. The van der Waals surface area contributed by atoms with Crippen LogP contribution in [0, 0.1) is 59.2 Å². The molecular formula is C30H32N6. The van der Waals surface area contributed by atoms with Crippen molar-refractivity contribution in [3.8, 4) is 24.3 Å². The molecule has 2 aromatic carbocycles. The number of hydrogen-bond acceptors (Lipinski definition) is 6. The maximum Gasteiger partial charge on any atom is 0.130 e. The number of rotatable bonds is 11. The van der Waals surface area contributed by atoms with Gasteiger partial charge in [-0.1, -0.05) is 25.0 Å². The van der Waals surface area contributed by atoms with Gasteiger partial charge in [0.15, 0.2) is 0 Å². The van der Waals surface area contributed by atoms with Crippen molar-refractivity contribution in [1.82, 2.24) is 0 Å². The number of hydrogen-bond donors (Lipinski definition) is 0. The second-order valence-electron chi connectivity index (χ2n) is 8.90. The summed E-state index contributed by atoms with van der Waals surface area (Å²) in [6.07, 6.45) is 7.77. The van der Waals surface area contributed by atoms with Gasteiger partial charge in [-0.15, -0.1) is 0 Å². The third kappa shape index (κ3) is 8.06. The lowest BCUT2D eigenvalue weighted by Gasteiger charge is -2.21. The van der Waals surface area contributed by atoms with Crippen LogP contribution in [-0.4, -0.2) is 27.2 Å². The van der Waals surface area contributed by atoms with Crippen LogP contribution in [0.3, 0.4) is 0 Å². The van der Waals surface area contributed by atoms with E-state index in [2.05, 4.69) is 36.0 Å². The number of nitriles is 4. The van der Waals surface area contributed by atoms with Gasteiger partial charge in [0.2, 0.25) is 0 Å². The molecule has 6 nitrogen and oxygen atoms in total. The average molecular weight is 477 g/mol. The lowest BCUT2D eigenvalue weighted by molar-refractivity contribution is 0.634. The van der Waals surface area contributed by atoms with Crippen LogP contribution in [0.1, 0.15) is 47.9 Å². The van der Waals surface area contributed by atoms with E-state index >= 15 is 0 Å². The highest BCUT2D eigenvalue weighted by atomic mass is 15.1. The summed E-state index contributed by atoms with van der Waals surface area (Å²) in [4.78, 5) is 4.48. The predicted octanol–water partition coefficient (Wildman–Crippen LogP) is 6.30. The van der Waals surface area contributed by atoms with E-state index in [1.54, 1.807) is 12.2 Å². The minimum atomic E-state index is 0.110. The summed E-state index contributed by atoms with van der Waals surface area (Å²) >= 11 is 0. The van der Waals surface area contributed by atoms with Gasteiger partial charge in [0, 0.05) is 38.6 Å². The van der Waals surface area contributed by atoms with Crippen molar-refractivity contribution in [2.75, 3.05) is 37.0 Å². The molecule has 0 aliphatic rings. The van der Waals surface area contributed by atoms with Gasteiger partial charge in [0.05, 0.1) is 0 Å². The van der Waals surface area contributed by atoms with Crippen LogP contribution in [0.2, 0.25) is 0 Å². The number of aryl methyl sites for hydroxylation is 2. The van der Waals surface area contributed by atoms with Crippen molar-refractivity contribution in [2.24, 2.45) is 0 Å². The predicted molar refractivity (Wildman–Crippen MR) is 146 cm³/mol. The first-order chi connectivity index (χ1) is 17.3. The Bertz CT molecular complexity index is 1160. The summed E-state index contributed by atoms with van der Waals surface area (Å²) in [5, 5.41) is 35.8. The zero-order chi connectivity index (χ0) is 26.5. The number of anilines is 2. The molecular weight excluding hydrogens is 444 g/mol. The minimum absolute atomic E-state index is 0.110. The lowest BCUT2D eigenvalue weighted by Crippen LogP contribution is -2.19. The molecule has 36 heavy (non-hydrogen) atoms. The molecule has 2 rings (SSSR count). The molecule has 0 N–H and O–H groups in total. The van der Waals surface area contributed by atoms with E-state index in [0.717, 1.165) is 72.4 Å². The highest BCUT2D eigenvalue weighted by molar-refractivity contribution is 5.67. The van der Waals surface area contributed by atoms with Gasteiger partial charge >= 0.3 is 0 Å². The molecule has 182 valence electrons. The van der Waals surface area contributed by atoms with Crippen LogP contribution in [0.25, 0.3) is 12.2 Å². The van der Waals surface area contributed by atoms with Gasteiger partial charge in [0.1, 0.15) is 35.4 Å². The van der Waals surface area contributed by atoms with Crippen LogP contribution >= 0.6 is 0 Å². The first kappa shape index (κ1) is 27.7. The molecule has 0 saturated heterocycles. The van der Waals surface area contributed by atoms with E-state index in [-0.39, 0.29) is 11.1 Å². The zero-order valence-corrected chi connectivity index (χ0v) is 21.5. The number of nitrogens with zero attached hydrogens (tertiary/aromatic N) is 6. The third-order valence-corrected chi connectivity index (χ3v) is 6.21. The fourth-order valence-electron chi connectivity index (χ4n) is 3.92. The fourth-order valence-corrected chi connectivity index (χ4v) is 3.92. The largest absolute Gasteiger partial charge is 0.375 e. The van der Waals surface area contributed by atoms with E-state index in [1.165, 1.54) is 0 Å². The first-order valence-corrected chi connectivity index (χ1v) is 12.0. The van der Waals surface area contributed by atoms with Crippen LogP contribution in [0.5, 0.6) is 0 Å². The minimum Gasteiger partial charge on any atom is -0.375 e. The van der Waals surface area contributed by atoms with Gasteiger partial charge in [-0.2, -0.15) is 21.0 Å². The topological polar surface area (TPSA) is 102 Å². The Morgan fingerprint density at radius 3 is 1.31 bits per heavy atom. The number of unbranched alkanes of at least 4 members (excludes halogenated alkanes) is 3. The molecule has 0 aromatic heterocycles. The van der Waals surface area contributed by atoms with E-state index in [4.69, 9.17) is 21.0 Å². The van der Waals surface area contributed by atoms with Gasteiger partial charge in [-0.3, -0.25) is 0 Å². The first-order valence-electron chi connectivity index (χ1n) is 12.0. The van der Waals surface area contributed by atoms with E-state index in [9.17, 15) is 0 Å². The lowest BCUT2D eigenvalue weighted by atomic mass is 10.0. The molecule has 0 spiro atoms. The highest BCUT2D eigenvalue weighted by Crippen LogP contribution is 2.22. The summed E-state index contributed by atoms with van der Waals surface area (Å²) in [6.45, 7) is 5.92. The Balaban J connectivity index is 1.78. The van der Waals surface area contributed by atoms with Gasteiger partial charge < -0.3 is 9.80 Å². The van der Waals surface area contributed by atoms with Crippen molar-refractivity contribution >= 4 is 23.5 Å². The van der Waals surface area contributed by atoms with Crippen molar-refractivity contribution in [2.45, 2.75) is 39.5 Å².